The van der Waals surface area contributed by atoms with E-state index in [1.807, 2.05) is 0 Å². The van der Waals surface area contributed by atoms with E-state index < -0.39 is 0 Å². The van der Waals surface area contributed by atoms with E-state index in [1.54, 1.807) is 24.3 Å². The molecule has 0 aromatic heterocycles. The van der Waals surface area contributed by atoms with Crippen molar-refractivity contribution < 1.29 is 19.1 Å². The fourth-order valence-corrected chi connectivity index (χ4v) is 4.77. The molecule has 0 aliphatic carbocycles. The van der Waals surface area contributed by atoms with Crippen LogP contribution >= 0.6 is 0 Å². The van der Waals surface area contributed by atoms with E-state index in [4.69, 9.17) is 9.47 Å². The fourth-order valence-electron chi connectivity index (χ4n) is 4.77. The van der Waals surface area contributed by atoms with E-state index in [1.165, 1.54) is 38.5 Å². The maximum atomic E-state index is 12.8. The normalized spacial score (nSPS) is 14.9. The lowest BCUT2D eigenvalue weighted by molar-refractivity contribution is 0.0122. The number of benzene rings is 1. The van der Waals surface area contributed by atoms with Gasteiger partial charge in [-0.2, -0.15) is 0 Å². The van der Waals surface area contributed by atoms with Gasteiger partial charge in [-0.05, 0) is 73.6 Å². The van der Waals surface area contributed by atoms with Crippen LogP contribution in [0.1, 0.15) is 140 Å². The molecule has 0 radical (unpaired) electrons. The van der Waals surface area contributed by atoms with Crippen LogP contribution in [0.15, 0.2) is 24.3 Å². The second kappa shape index (κ2) is 17.6. The van der Waals surface area contributed by atoms with Gasteiger partial charge in [0, 0.05) is 0 Å². The monoisotopic (exact) mass is 502 g/mol. The standard InChI is InChI=1S/C32H54O4/c1-9-29(25(7)17-13-11-15-23(3)4)35-31(33)27-19-21-28(22-20-27)32(34)36-30(10-2)26(8)18-14-12-16-24(5)6/h19-26,29-30H,9-18H2,1-8H3. The summed E-state index contributed by atoms with van der Waals surface area (Å²) in [6.07, 6.45) is 10.8. The van der Waals surface area contributed by atoms with E-state index >= 15 is 0 Å². The van der Waals surface area contributed by atoms with Gasteiger partial charge in [-0.25, -0.2) is 9.59 Å². The molecule has 0 heterocycles. The van der Waals surface area contributed by atoms with Crippen molar-refractivity contribution in [1.29, 1.82) is 0 Å². The Balaban J connectivity index is 2.60. The van der Waals surface area contributed by atoms with Crippen LogP contribution in [0.5, 0.6) is 0 Å². The van der Waals surface area contributed by atoms with Gasteiger partial charge in [0.15, 0.2) is 0 Å². The number of rotatable bonds is 18. The first-order valence-electron chi connectivity index (χ1n) is 14.6. The quantitative estimate of drug-likeness (QED) is 0.148. The molecule has 4 heteroatoms. The van der Waals surface area contributed by atoms with Gasteiger partial charge in [-0.3, -0.25) is 0 Å². The molecule has 0 aliphatic heterocycles. The van der Waals surface area contributed by atoms with Crippen molar-refractivity contribution in [3.8, 4) is 0 Å². The molecule has 0 saturated heterocycles. The minimum atomic E-state index is -0.322. The first-order valence-corrected chi connectivity index (χ1v) is 14.6. The second-order valence-electron chi connectivity index (χ2n) is 11.6. The van der Waals surface area contributed by atoms with E-state index in [9.17, 15) is 9.59 Å². The number of esters is 2. The van der Waals surface area contributed by atoms with Crippen LogP contribution in [-0.2, 0) is 9.47 Å². The summed E-state index contributed by atoms with van der Waals surface area (Å²) in [6, 6.07) is 6.70. The number of carbonyl (C=O) groups is 2. The molecule has 1 aromatic carbocycles. The van der Waals surface area contributed by atoms with Crippen LogP contribution in [0.3, 0.4) is 0 Å². The fraction of sp³-hybridized carbons (Fsp3) is 0.750. The summed E-state index contributed by atoms with van der Waals surface area (Å²) in [4.78, 5) is 25.5. The van der Waals surface area contributed by atoms with Gasteiger partial charge in [-0.1, -0.05) is 93.9 Å². The highest BCUT2D eigenvalue weighted by Gasteiger charge is 2.23. The van der Waals surface area contributed by atoms with Crippen molar-refractivity contribution in [2.24, 2.45) is 23.7 Å². The van der Waals surface area contributed by atoms with Gasteiger partial charge in [0.25, 0.3) is 0 Å². The maximum Gasteiger partial charge on any atom is 0.338 e. The Morgan fingerprint density at radius 1 is 0.583 bits per heavy atom. The molecular formula is C32H54O4. The average molecular weight is 503 g/mol. The Morgan fingerprint density at radius 3 is 1.17 bits per heavy atom. The summed E-state index contributed by atoms with van der Waals surface area (Å²) in [7, 11) is 0. The van der Waals surface area contributed by atoms with Crippen molar-refractivity contribution in [3.05, 3.63) is 35.4 Å². The lowest BCUT2D eigenvalue weighted by Gasteiger charge is -2.24. The molecule has 206 valence electrons. The molecule has 0 aliphatic rings. The van der Waals surface area contributed by atoms with E-state index in [2.05, 4.69) is 55.4 Å². The van der Waals surface area contributed by atoms with Crippen molar-refractivity contribution in [2.75, 3.05) is 0 Å². The maximum absolute atomic E-state index is 12.8. The van der Waals surface area contributed by atoms with Crippen LogP contribution in [0.2, 0.25) is 0 Å². The third-order valence-corrected chi connectivity index (χ3v) is 7.33. The Hall–Kier alpha value is -1.84. The summed E-state index contributed by atoms with van der Waals surface area (Å²) in [5.41, 5.74) is 0.949. The average Bonchev–Trinajstić information content (AvgIpc) is 2.85. The third-order valence-electron chi connectivity index (χ3n) is 7.33. The second-order valence-corrected chi connectivity index (χ2v) is 11.6. The van der Waals surface area contributed by atoms with Crippen molar-refractivity contribution in [1.82, 2.24) is 0 Å². The van der Waals surface area contributed by atoms with Crippen LogP contribution in [-0.4, -0.2) is 24.1 Å². The third kappa shape index (κ3) is 12.4. The molecule has 0 N–H and O–H groups in total. The molecule has 4 atom stereocenters. The predicted molar refractivity (Wildman–Crippen MR) is 150 cm³/mol. The van der Waals surface area contributed by atoms with E-state index in [-0.39, 0.29) is 24.1 Å². The minimum Gasteiger partial charge on any atom is -0.459 e. The Morgan fingerprint density at radius 2 is 0.889 bits per heavy atom. The molecule has 0 spiro atoms. The minimum absolute atomic E-state index is 0.0893. The summed E-state index contributed by atoms with van der Waals surface area (Å²) < 4.78 is 11.7. The van der Waals surface area contributed by atoms with Gasteiger partial charge in [0.2, 0.25) is 0 Å². The van der Waals surface area contributed by atoms with Gasteiger partial charge < -0.3 is 9.47 Å². The van der Waals surface area contributed by atoms with Crippen LogP contribution in [0, 0.1) is 23.7 Å². The van der Waals surface area contributed by atoms with Crippen molar-refractivity contribution in [2.45, 2.75) is 132 Å². The zero-order valence-corrected chi connectivity index (χ0v) is 24.5. The van der Waals surface area contributed by atoms with Crippen LogP contribution < -0.4 is 0 Å². The predicted octanol–water partition coefficient (Wildman–Crippen LogP) is 9.26. The van der Waals surface area contributed by atoms with E-state index in [0.717, 1.165) is 37.5 Å². The largest absolute Gasteiger partial charge is 0.459 e. The Kier molecular flexibility index (Phi) is 15.7. The molecule has 0 amide bonds. The summed E-state index contributed by atoms with van der Waals surface area (Å²) in [5.74, 6) is 1.49. The first-order chi connectivity index (χ1) is 17.1. The van der Waals surface area contributed by atoms with Gasteiger partial charge in [0.05, 0.1) is 11.1 Å². The van der Waals surface area contributed by atoms with Crippen molar-refractivity contribution >= 4 is 11.9 Å². The summed E-state index contributed by atoms with van der Waals surface area (Å²) >= 11 is 0. The molecule has 1 rings (SSSR count). The van der Waals surface area contributed by atoms with Crippen molar-refractivity contribution in [3.63, 3.8) is 0 Å². The van der Waals surface area contributed by atoms with Crippen LogP contribution in [0.4, 0.5) is 0 Å². The molecule has 1 aromatic rings. The highest BCUT2D eigenvalue weighted by molar-refractivity contribution is 5.93. The van der Waals surface area contributed by atoms with Gasteiger partial charge in [0.1, 0.15) is 12.2 Å². The molecule has 0 saturated carbocycles. The summed E-state index contributed by atoms with van der Waals surface area (Å²) in [5, 5.41) is 0. The zero-order chi connectivity index (χ0) is 27.1. The molecule has 4 nitrogen and oxygen atoms in total. The first kappa shape index (κ1) is 32.2. The topological polar surface area (TPSA) is 52.6 Å². The number of carbonyl (C=O) groups excluding carboxylic acids is 2. The number of unbranched alkanes of at least 4 members (excludes halogenated alkanes) is 2. The molecule has 4 unspecified atom stereocenters. The molecule has 36 heavy (non-hydrogen) atoms. The van der Waals surface area contributed by atoms with Gasteiger partial charge in [-0.15, -0.1) is 0 Å². The molecular weight excluding hydrogens is 448 g/mol. The molecule has 0 bridgehead atoms. The highest BCUT2D eigenvalue weighted by atomic mass is 16.5. The Bertz CT molecular complexity index is 674. The number of hydrogen-bond acceptors (Lipinski definition) is 4. The molecule has 0 fully saturated rings. The zero-order valence-electron chi connectivity index (χ0n) is 24.5. The van der Waals surface area contributed by atoms with Crippen LogP contribution in [0.25, 0.3) is 0 Å². The highest BCUT2D eigenvalue weighted by Crippen LogP contribution is 2.23. The number of ether oxygens (including phenoxy) is 2. The lowest BCUT2D eigenvalue weighted by atomic mass is 9.94. The SMILES string of the molecule is CCC(OC(=O)c1ccc(C(=O)OC(CC)C(C)CCCCC(C)C)cc1)C(C)CCCCC(C)C. The Labute approximate surface area is 221 Å². The summed E-state index contributed by atoms with van der Waals surface area (Å²) in [6.45, 7) is 17.5. The lowest BCUT2D eigenvalue weighted by Crippen LogP contribution is -2.25. The smallest absolute Gasteiger partial charge is 0.338 e. The van der Waals surface area contributed by atoms with E-state index in [0.29, 0.717) is 23.0 Å². The number of hydrogen-bond donors (Lipinski definition) is 0. The van der Waals surface area contributed by atoms with Gasteiger partial charge >= 0.3 is 11.9 Å².